The van der Waals surface area contributed by atoms with Crippen molar-refractivity contribution in [3.05, 3.63) is 22.8 Å². The van der Waals surface area contributed by atoms with E-state index in [1.807, 2.05) is 0 Å². The van der Waals surface area contributed by atoms with Crippen molar-refractivity contribution in [3.63, 3.8) is 0 Å². The van der Waals surface area contributed by atoms with Crippen LogP contribution in [0.25, 0.3) is 0 Å². The van der Waals surface area contributed by atoms with E-state index in [9.17, 15) is 0 Å². The van der Waals surface area contributed by atoms with E-state index in [0.29, 0.717) is 5.15 Å². The number of pyridine rings is 1. The fraction of sp³-hybridized carbons (Fsp3) is 0.583. The van der Waals surface area contributed by atoms with Crippen molar-refractivity contribution in [2.45, 2.75) is 19.8 Å². The van der Waals surface area contributed by atoms with Crippen molar-refractivity contribution in [2.24, 2.45) is 11.8 Å². The number of fused-ring (bicyclic) bond motifs is 1. The van der Waals surface area contributed by atoms with E-state index >= 15 is 0 Å². The summed E-state index contributed by atoms with van der Waals surface area (Å²) in [5.41, 5.74) is 1.14. The fourth-order valence-electron chi connectivity index (χ4n) is 2.48. The molecule has 0 bridgehead atoms. The van der Waals surface area contributed by atoms with Gasteiger partial charge in [0.25, 0.3) is 0 Å². The first kappa shape index (κ1) is 9.46. The maximum absolute atomic E-state index is 6.12. The van der Waals surface area contributed by atoms with Gasteiger partial charge in [-0.3, -0.25) is 0 Å². The van der Waals surface area contributed by atoms with Crippen LogP contribution < -0.4 is 4.90 Å². The maximum atomic E-state index is 6.12. The van der Waals surface area contributed by atoms with Crippen molar-refractivity contribution in [1.82, 2.24) is 4.98 Å². The molecule has 1 saturated heterocycles. The molecule has 1 aromatic heterocycles. The Kier molecular flexibility index (Phi) is 2.13. The maximum Gasteiger partial charge on any atom is 0.134 e. The molecule has 0 radical (unpaired) electrons. The van der Waals surface area contributed by atoms with Crippen molar-refractivity contribution in [1.29, 1.82) is 0 Å². The van der Waals surface area contributed by atoms with Crippen molar-refractivity contribution in [2.75, 3.05) is 18.0 Å². The minimum absolute atomic E-state index is 0.676. The molecule has 1 aromatic rings. The first-order valence-corrected chi connectivity index (χ1v) is 6.06. The zero-order valence-electron chi connectivity index (χ0n) is 8.91. The number of aryl methyl sites for hydroxylation is 1. The predicted octanol–water partition coefficient (Wildman–Crippen LogP) is 2.75. The molecule has 3 rings (SSSR count). The second kappa shape index (κ2) is 3.38. The average Bonchev–Trinajstić information content (AvgIpc) is 2.86. The Morgan fingerprint density at radius 3 is 2.73 bits per heavy atom. The lowest BCUT2D eigenvalue weighted by atomic mass is 10.2. The van der Waals surface area contributed by atoms with Gasteiger partial charge < -0.3 is 4.90 Å². The summed E-state index contributed by atoms with van der Waals surface area (Å²) in [7, 11) is 0. The molecular weight excluding hydrogens is 208 g/mol. The Balaban J connectivity index is 1.83. The molecule has 15 heavy (non-hydrogen) atoms. The SMILES string of the molecule is CCc1ccc(N2CC3CC3C2)nc1Cl. The Morgan fingerprint density at radius 2 is 2.13 bits per heavy atom. The molecule has 0 aromatic carbocycles. The van der Waals surface area contributed by atoms with E-state index in [1.165, 1.54) is 19.5 Å². The average molecular weight is 223 g/mol. The smallest absolute Gasteiger partial charge is 0.134 e. The molecule has 2 unspecified atom stereocenters. The van der Waals surface area contributed by atoms with Crippen LogP contribution in [0.3, 0.4) is 0 Å². The summed E-state index contributed by atoms with van der Waals surface area (Å²) in [5, 5.41) is 0.676. The molecule has 3 heteroatoms. The van der Waals surface area contributed by atoms with Gasteiger partial charge in [-0.1, -0.05) is 24.6 Å². The minimum Gasteiger partial charge on any atom is -0.356 e. The lowest BCUT2D eigenvalue weighted by Crippen LogP contribution is -2.22. The Hall–Kier alpha value is -0.760. The third-order valence-corrected chi connectivity index (χ3v) is 3.92. The Morgan fingerprint density at radius 1 is 1.40 bits per heavy atom. The van der Waals surface area contributed by atoms with Crippen LogP contribution in [-0.4, -0.2) is 18.1 Å². The number of halogens is 1. The van der Waals surface area contributed by atoms with Gasteiger partial charge in [0, 0.05) is 13.1 Å². The van der Waals surface area contributed by atoms with Crippen LogP contribution in [0.2, 0.25) is 5.15 Å². The van der Waals surface area contributed by atoms with Crippen molar-refractivity contribution < 1.29 is 0 Å². The summed E-state index contributed by atoms with van der Waals surface area (Å²) in [6.07, 6.45) is 2.38. The number of hydrogen-bond donors (Lipinski definition) is 0. The summed E-state index contributed by atoms with van der Waals surface area (Å²) in [6.45, 7) is 4.46. The monoisotopic (exact) mass is 222 g/mol. The molecule has 80 valence electrons. The quantitative estimate of drug-likeness (QED) is 0.716. The molecule has 1 aliphatic carbocycles. The molecule has 0 N–H and O–H groups in total. The number of piperidine rings is 1. The van der Waals surface area contributed by atoms with Gasteiger partial charge in [0.2, 0.25) is 0 Å². The Labute approximate surface area is 95.3 Å². The zero-order valence-corrected chi connectivity index (χ0v) is 9.67. The van der Waals surface area contributed by atoms with Crippen LogP contribution in [0.15, 0.2) is 12.1 Å². The number of anilines is 1. The molecule has 2 aliphatic rings. The second-order valence-corrected chi connectivity index (χ2v) is 4.99. The van der Waals surface area contributed by atoms with Crippen LogP contribution in [-0.2, 0) is 6.42 Å². The summed E-state index contributed by atoms with van der Waals surface area (Å²) in [4.78, 5) is 6.84. The zero-order chi connectivity index (χ0) is 10.4. The number of hydrogen-bond acceptors (Lipinski definition) is 2. The topological polar surface area (TPSA) is 16.1 Å². The molecular formula is C12H15ClN2. The minimum atomic E-state index is 0.676. The number of aromatic nitrogens is 1. The third kappa shape index (κ3) is 1.61. The molecule has 0 spiro atoms. The molecule has 1 aliphatic heterocycles. The second-order valence-electron chi connectivity index (χ2n) is 4.63. The van der Waals surface area contributed by atoms with E-state index in [2.05, 4.69) is 28.9 Å². The van der Waals surface area contributed by atoms with Gasteiger partial charge in [0.05, 0.1) is 0 Å². The van der Waals surface area contributed by atoms with Crippen molar-refractivity contribution >= 4 is 17.4 Å². The van der Waals surface area contributed by atoms with E-state index < -0.39 is 0 Å². The summed E-state index contributed by atoms with van der Waals surface area (Å²) >= 11 is 6.12. The normalized spacial score (nSPS) is 28.0. The summed E-state index contributed by atoms with van der Waals surface area (Å²) in [5.74, 6) is 2.94. The largest absolute Gasteiger partial charge is 0.356 e. The fourth-order valence-corrected chi connectivity index (χ4v) is 2.76. The highest BCUT2D eigenvalue weighted by molar-refractivity contribution is 6.30. The molecule has 2 heterocycles. The number of rotatable bonds is 2. The molecule has 1 saturated carbocycles. The molecule has 0 amide bonds. The lowest BCUT2D eigenvalue weighted by molar-refractivity contribution is 0.804. The summed E-state index contributed by atoms with van der Waals surface area (Å²) in [6, 6.07) is 4.21. The highest BCUT2D eigenvalue weighted by Gasteiger charge is 2.45. The van der Waals surface area contributed by atoms with Gasteiger partial charge in [-0.25, -0.2) is 4.98 Å². The summed E-state index contributed by atoms with van der Waals surface area (Å²) < 4.78 is 0. The van der Waals surface area contributed by atoms with Crippen molar-refractivity contribution in [3.8, 4) is 0 Å². The standard InChI is InChI=1S/C12H15ClN2/c1-2-8-3-4-11(14-12(8)13)15-6-9-5-10(9)7-15/h3-4,9-10H,2,5-7H2,1H3. The van der Waals surface area contributed by atoms with Crippen LogP contribution in [0, 0.1) is 11.8 Å². The Bertz CT molecular complexity index is 381. The molecule has 2 fully saturated rings. The van der Waals surface area contributed by atoms with E-state index in [1.54, 1.807) is 0 Å². The van der Waals surface area contributed by atoms with Gasteiger partial charge in [-0.2, -0.15) is 0 Å². The van der Waals surface area contributed by atoms with Gasteiger partial charge >= 0.3 is 0 Å². The third-order valence-electron chi connectivity index (χ3n) is 3.59. The molecule has 2 atom stereocenters. The van der Waals surface area contributed by atoms with E-state index in [-0.39, 0.29) is 0 Å². The number of nitrogens with zero attached hydrogens (tertiary/aromatic N) is 2. The van der Waals surface area contributed by atoms with Crippen LogP contribution in [0.4, 0.5) is 5.82 Å². The predicted molar refractivity (Wildman–Crippen MR) is 62.4 cm³/mol. The van der Waals surface area contributed by atoms with Crippen LogP contribution in [0.1, 0.15) is 18.9 Å². The van der Waals surface area contributed by atoms with E-state index in [0.717, 1.165) is 29.6 Å². The van der Waals surface area contributed by atoms with Gasteiger partial charge in [0.15, 0.2) is 0 Å². The van der Waals surface area contributed by atoms with Gasteiger partial charge in [0.1, 0.15) is 11.0 Å². The van der Waals surface area contributed by atoms with Crippen LogP contribution in [0.5, 0.6) is 0 Å². The molecule has 2 nitrogen and oxygen atoms in total. The highest BCUT2D eigenvalue weighted by Crippen LogP contribution is 2.46. The lowest BCUT2D eigenvalue weighted by Gasteiger charge is -2.19. The van der Waals surface area contributed by atoms with Gasteiger partial charge in [-0.15, -0.1) is 0 Å². The first-order chi connectivity index (χ1) is 7.28. The highest BCUT2D eigenvalue weighted by atomic mass is 35.5. The first-order valence-electron chi connectivity index (χ1n) is 5.68. The van der Waals surface area contributed by atoms with E-state index in [4.69, 9.17) is 11.6 Å². The van der Waals surface area contributed by atoms with Crippen LogP contribution >= 0.6 is 11.6 Å². The van der Waals surface area contributed by atoms with Gasteiger partial charge in [-0.05, 0) is 36.3 Å².